The van der Waals surface area contributed by atoms with Gasteiger partial charge in [0, 0.05) is 18.1 Å². The maximum atomic E-state index is 10.0. The summed E-state index contributed by atoms with van der Waals surface area (Å²) in [6.07, 6.45) is -0.529. The highest BCUT2D eigenvalue weighted by Gasteiger charge is 2.08. The van der Waals surface area contributed by atoms with Gasteiger partial charge in [-0.2, -0.15) is 4.37 Å². The lowest BCUT2D eigenvalue weighted by atomic mass is 10.1. The van der Waals surface area contributed by atoms with Gasteiger partial charge in [0.05, 0.1) is 6.10 Å². The van der Waals surface area contributed by atoms with Crippen molar-refractivity contribution < 1.29 is 5.11 Å². The van der Waals surface area contributed by atoms with Gasteiger partial charge in [-0.1, -0.05) is 29.8 Å². The quantitative estimate of drug-likeness (QED) is 0.873. The molecule has 0 radical (unpaired) electrons. The molecule has 0 aliphatic heterocycles. The molecule has 1 aromatic carbocycles. The first kappa shape index (κ1) is 12.0. The molecule has 0 aliphatic carbocycles. The van der Waals surface area contributed by atoms with E-state index in [-0.39, 0.29) is 0 Å². The Morgan fingerprint density at radius 2 is 2.24 bits per heavy atom. The summed E-state index contributed by atoms with van der Waals surface area (Å²) in [6, 6.07) is 7.86. The fraction of sp³-hybridized carbons (Fsp3) is 0.333. The van der Waals surface area contributed by atoms with Crippen LogP contribution in [0.3, 0.4) is 0 Å². The van der Waals surface area contributed by atoms with Crippen molar-refractivity contribution in [3.63, 3.8) is 0 Å². The molecule has 0 saturated heterocycles. The molecule has 1 unspecified atom stereocenters. The van der Waals surface area contributed by atoms with E-state index in [1.165, 1.54) is 11.5 Å². The molecule has 2 rings (SSSR count). The van der Waals surface area contributed by atoms with Gasteiger partial charge >= 0.3 is 0 Å². The molecule has 0 spiro atoms. The zero-order chi connectivity index (χ0) is 12.3. The fourth-order valence-corrected chi connectivity index (χ4v) is 2.13. The Labute approximate surface area is 105 Å². The first-order valence-electron chi connectivity index (χ1n) is 5.44. The fourth-order valence-electron chi connectivity index (χ4n) is 1.55. The summed E-state index contributed by atoms with van der Waals surface area (Å²) in [5.74, 6) is 0.752. The van der Waals surface area contributed by atoms with E-state index in [1.807, 2.05) is 38.1 Å². The number of aliphatic hydroxyl groups excluding tert-OH is 1. The minimum absolute atomic E-state index is 0.443. The third-order valence-electron chi connectivity index (χ3n) is 2.40. The lowest BCUT2D eigenvalue weighted by Crippen LogP contribution is -2.12. The monoisotopic (exact) mass is 249 g/mol. The SMILES string of the molecule is Cc1cccc(C(O)CNc2nc(C)ns2)c1. The van der Waals surface area contributed by atoms with Crippen molar-refractivity contribution in [2.24, 2.45) is 0 Å². The van der Waals surface area contributed by atoms with Gasteiger partial charge in [-0.15, -0.1) is 0 Å². The van der Waals surface area contributed by atoms with Crippen LogP contribution in [0.5, 0.6) is 0 Å². The average molecular weight is 249 g/mol. The molecule has 1 heterocycles. The second kappa shape index (κ2) is 5.25. The lowest BCUT2D eigenvalue weighted by Gasteiger charge is -2.11. The largest absolute Gasteiger partial charge is 0.387 e. The molecule has 1 atom stereocenters. The summed E-state index contributed by atoms with van der Waals surface area (Å²) in [6.45, 7) is 4.30. The highest BCUT2D eigenvalue weighted by atomic mass is 32.1. The molecular formula is C12H15N3OS. The van der Waals surface area contributed by atoms with E-state index in [9.17, 15) is 5.11 Å². The average Bonchev–Trinajstić information content (AvgIpc) is 2.72. The predicted octanol–water partition coefficient (Wildman–Crippen LogP) is 2.30. The van der Waals surface area contributed by atoms with Gasteiger partial charge in [0.1, 0.15) is 5.82 Å². The summed E-state index contributed by atoms with van der Waals surface area (Å²) in [4.78, 5) is 4.18. The molecule has 2 aromatic rings. The Kier molecular flexibility index (Phi) is 3.71. The van der Waals surface area contributed by atoms with Crippen molar-refractivity contribution in [2.45, 2.75) is 20.0 Å². The normalized spacial score (nSPS) is 12.4. The minimum Gasteiger partial charge on any atom is -0.387 e. The Morgan fingerprint density at radius 3 is 2.88 bits per heavy atom. The van der Waals surface area contributed by atoms with Crippen LogP contribution in [0.15, 0.2) is 24.3 Å². The van der Waals surface area contributed by atoms with Crippen LogP contribution in [0, 0.1) is 13.8 Å². The maximum absolute atomic E-state index is 10.0. The molecular weight excluding hydrogens is 234 g/mol. The van der Waals surface area contributed by atoms with Crippen LogP contribution >= 0.6 is 11.5 Å². The van der Waals surface area contributed by atoms with Crippen LogP contribution in [-0.4, -0.2) is 21.0 Å². The third-order valence-corrected chi connectivity index (χ3v) is 3.17. The van der Waals surface area contributed by atoms with Crippen molar-refractivity contribution >= 4 is 16.7 Å². The number of rotatable bonds is 4. The second-order valence-electron chi connectivity index (χ2n) is 3.96. The van der Waals surface area contributed by atoms with Crippen LogP contribution in [0.25, 0.3) is 0 Å². The number of hydrogen-bond acceptors (Lipinski definition) is 5. The predicted molar refractivity (Wildman–Crippen MR) is 69.3 cm³/mol. The molecule has 90 valence electrons. The van der Waals surface area contributed by atoms with E-state index in [0.717, 1.165) is 22.1 Å². The molecule has 0 saturated carbocycles. The minimum atomic E-state index is -0.529. The highest BCUT2D eigenvalue weighted by Crippen LogP contribution is 2.16. The van der Waals surface area contributed by atoms with Gasteiger partial charge < -0.3 is 10.4 Å². The van der Waals surface area contributed by atoms with Crippen molar-refractivity contribution in [1.82, 2.24) is 9.36 Å². The summed E-state index contributed by atoms with van der Waals surface area (Å²) >= 11 is 1.31. The van der Waals surface area contributed by atoms with Gasteiger partial charge in [-0.05, 0) is 19.4 Å². The van der Waals surface area contributed by atoms with Crippen LogP contribution < -0.4 is 5.32 Å². The van der Waals surface area contributed by atoms with Gasteiger partial charge in [0.2, 0.25) is 5.13 Å². The Bertz CT molecular complexity index is 498. The smallest absolute Gasteiger partial charge is 0.202 e. The molecule has 0 amide bonds. The van der Waals surface area contributed by atoms with E-state index < -0.39 is 6.10 Å². The molecule has 2 N–H and O–H groups in total. The summed E-state index contributed by atoms with van der Waals surface area (Å²) in [7, 11) is 0. The van der Waals surface area contributed by atoms with Crippen molar-refractivity contribution in [2.75, 3.05) is 11.9 Å². The first-order valence-corrected chi connectivity index (χ1v) is 6.21. The number of hydrogen-bond donors (Lipinski definition) is 2. The Hall–Kier alpha value is -1.46. The van der Waals surface area contributed by atoms with E-state index in [0.29, 0.717) is 6.54 Å². The van der Waals surface area contributed by atoms with Crippen molar-refractivity contribution in [1.29, 1.82) is 0 Å². The van der Waals surface area contributed by atoms with Crippen LogP contribution in [-0.2, 0) is 0 Å². The van der Waals surface area contributed by atoms with E-state index in [4.69, 9.17) is 0 Å². The molecule has 4 nitrogen and oxygen atoms in total. The van der Waals surface area contributed by atoms with Crippen LogP contribution in [0.4, 0.5) is 5.13 Å². The number of anilines is 1. The molecule has 17 heavy (non-hydrogen) atoms. The maximum Gasteiger partial charge on any atom is 0.202 e. The van der Waals surface area contributed by atoms with E-state index in [1.54, 1.807) is 0 Å². The molecule has 1 aromatic heterocycles. The van der Waals surface area contributed by atoms with E-state index in [2.05, 4.69) is 14.7 Å². The summed E-state index contributed by atoms with van der Waals surface area (Å²) < 4.78 is 4.07. The van der Waals surface area contributed by atoms with E-state index >= 15 is 0 Å². The van der Waals surface area contributed by atoms with Crippen molar-refractivity contribution in [3.05, 3.63) is 41.2 Å². The van der Waals surface area contributed by atoms with Crippen LogP contribution in [0.2, 0.25) is 0 Å². The number of nitrogens with one attached hydrogen (secondary N) is 1. The second-order valence-corrected chi connectivity index (χ2v) is 4.71. The van der Waals surface area contributed by atoms with Gasteiger partial charge in [-0.25, -0.2) is 4.98 Å². The number of aliphatic hydroxyl groups is 1. The lowest BCUT2D eigenvalue weighted by molar-refractivity contribution is 0.191. The highest BCUT2D eigenvalue weighted by molar-refractivity contribution is 7.09. The summed E-state index contributed by atoms with van der Waals surface area (Å²) in [5, 5.41) is 13.8. The number of nitrogens with zero attached hydrogens (tertiary/aromatic N) is 2. The van der Waals surface area contributed by atoms with Crippen LogP contribution in [0.1, 0.15) is 23.1 Å². The molecule has 0 fully saturated rings. The summed E-state index contributed by atoms with van der Waals surface area (Å²) in [5.41, 5.74) is 2.06. The van der Waals surface area contributed by atoms with Gasteiger partial charge in [-0.3, -0.25) is 0 Å². The topological polar surface area (TPSA) is 58.0 Å². The molecule has 5 heteroatoms. The number of benzene rings is 1. The standard InChI is InChI=1S/C12H15N3OS/c1-8-4-3-5-10(6-8)11(16)7-13-12-14-9(2)15-17-12/h3-6,11,16H,7H2,1-2H3,(H,13,14,15). The molecule has 0 aliphatic rings. The zero-order valence-corrected chi connectivity index (χ0v) is 10.7. The Balaban J connectivity index is 1.95. The molecule has 0 bridgehead atoms. The van der Waals surface area contributed by atoms with Gasteiger partial charge in [0.15, 0.2) is 0 Å². The zero-order valence-electron chi connectivity index (χ0n) is 9.84. The number of aryl methyl sites for hydroxylation is 2. The van der Waals surface area contributed by atoms with Gasteiger partial charge in [0.25, 0.3) is 0 Å². The third kappa shape index (κ3) is 3.25. The van der Waals surface area contributed by atoms with Crippen molar-refractivity contribution in [3.8, 4) is 0 Å². The Morgan fingerprint density at radius 1 is 1.41 bits per heavy atom. The number of aromatic nitrogens is 2. The first-order chi connectivity index (χ1) is 8.15.